The van der Waals surface area contributed by atoms with Crippen molar-refractivity contribution in [1.82, 2.24) is 9.55 Å². The number of rotatable bonds is 2. The van der Waals surface area contributed by atoms with Gasteiger partial charge in [-0.1, -0.05) is 25.3 Å². The molecule has 2 fully saturated rings. The predicted molar refractivity (Wildman–Crippen MR) is 97.6 cm³/mol. The van der Waals surface area contributed by atoms with Crippen LogP contribution < -0.4 is 5.46 Å². The Morgan fingerprint density at radius 2 is 1.71 bits per heavy atom. The van der Waals surface area contributed by atoms with Gasteiger partial charge in [-0.15, -0.1) is 0 Å². The van der Waals surface area contributed by atoms with Crippen LogP contribution in [0.5, 0.6) is 0 Å². The van der Waals surface area contributed by atoms with Gasteiger partial charge in [0.15, 0.2) is 0 Å². The van der Waals surface area contributed by atoms with Crippen molar-refractivity contribution in [2.45, 2.75) is 77.0 Å². The number of nitrogens with zero attached hydrogens (tertiary/aromatic N) is 2. The van der Waals surface area contributed by atoms with Crippen LogP contribution in [-0.2, 0) is 9.31 Å². The first-order valence-corrected chi connectivity index (χ1v) is 9.19. The number of hydrogen-bond acceptors (Lipinski definition) is 3. The summed E-state index contributed by atoms with van der Waals surface area (Å²) < 4.78 is 14.7. The highest BCUT2D eigenvalue weighted by Crippen LogP contribution is 2.37. The van der Waals surface area contributed by atoms with Crippen molar-refractivity contribution in [3.63, 3.8) is 0 Å². The highest BCUT2D eigenvalue weighted by Gasteiger charge is 2.51. The molecular weight excluding hydrogens is 299 g/mol. The van der Waals surface area contributed by atoms with Crippen molar-refractivity contribution >= 4 is 23.6 Å². The molecule has 1 aliphatic carbocycles. The average molecular weight is 326 g/mol. The van der Waals surface area contributed by atoms with Crippen LogP contribution in [0.3, 0.4) is 0 Å². The molecule has 0 bridgehead atoms. The van der Waals surface area contributed by atoms with E-state index in [0.717, 1.165) is 11.0 Å². The lowest BCUT2D eigenvalue weighted by molar-refractivity contribution is 0.00578. The van der Waals surface area contributed by atoms with E-state index >= 15 is 0 Å². The molecule has 24 heavy (non-hydrogen) atoms. The number of imidazole rings is 1. The van der Waals surface area contributed by atoms with E-state index in [4.69, 9.17) is 9.31 Å². The van der Waals surface area contributed by atoms with Gasteiger partial charge >= 0.3 is 7.12 Å². The molecular formula is C19H27BN2O2. The minimum absolute atomic E-state index is 0.311. The Morgan fingerprint density at radius 3 is 2.38 bits per heavy atom. The van der Waals surface area contributed by atoms with E-state index in [9.17, 15) is 0 Å². The van der Waals surface area contributed by atoms with Crippen molar-refractivity contribution < 1.29 is 9.31 Å². The van der Waals surface area contributed by atoms with Gasteiger partial charge in [0.1, 0.15) is 0 Å². The van der Waals surface area contributed by atoms with E-state index in [1.807, 2.05) is 6.33 Å². The zero-order valence-electron chi connectivity index (χ0n) is 15.2. The third-order valence-electron chi connectivity index (χ3n) is 6.09. The van der Waals surface area contributed by atoms with Crippen molar-refractivity contribution in [3.05, 3.63) is 24.5 Å². The third-order valence-corrected chi connectivity index (χ3v) is 6.09. The summed E-state index contributed by atoms with van der Waals surface area (Å²) in [4.78, 5) is 4.65. The Balaban J connectivity index is 1.63. The fourth-order valence-electron chi connectivity index (χ4n) is 3.82. The highest BCUT2D eigenvalue weighted by atomic mass is 16.7. The van der Waals surface area contributed by atoms with Gasteiger partial charge in [0.2, 0.25) is 0 Å². The summed E-state index contributed by atoms with van der Waals surface area (Å²) in [7, 11) is -0.320. The molecule has 1 aromatic carbocycles. The summed E-state index contributed by atoms with van der Waals surface area (Å²) in [5.74, 6) is 0. The summed E-state index contributed by atoms with van der Waals surface area (Å²) in [5.41, 5.74) is 2.69. The molecule has 128 valence electrons. The van der Waals surface area contributed by atoms with Crippen LogP contribution in [0.15, 0.2) is 24.5 Å². The van der Waals surface area contributed by atoms with E-state index < -0.39 is 0 Å². The molecule has 2 aromatic rings. The minimum Gasteiger partial charge on any atom is -0.399 e. The monoisotopic (exact) mass is 326 g/mol. The molecule has 2 aliphatic rings. The fourth-order valence-corrected chi connectivity index (χ4v) is 3.82. The topological polar surface area (TPSA) is 36.3 Å². The molecule has 1 aromatic heterocycles. The molecule has 1 saturated heterocycles. The normalized spacial score (nSPS) is 23.9. The van der Waals surface area contributed by atoms with Crippen molar-refractivity contribution in [2.24, 2.45) is 0 Å². The first kappa shape index (κ1) is 16.2. The molecule has 0 N–H and O–H groups in total. The molecule has 0 unspecified atom stereocenters. The van der Waals surface area contributed by atoms with E-state index in [1.165, 1.54) is 37.6 Å². The summed E-state index contributed by atoms with van der Waals surface area (Å²) in [6.45, 7) is 8.35. The Labute approximate surface area is 144 Å². The van der Waals surface area contributed by atoms with Crippen LogP contribution in [0.1, 0.15) is 65.8 Å². The summed E-state index contributed by atoms with van der Waals surface area (Å²) >= 11 is 0. The largest absolute Gasteiger partial charge is 0.494 e. The fraction of sp³-hybridized carbons (Fsp3) is 0.632. The second-order valence-corrected chi connectivity index (χ2v) is 8.28. The summed E-state index contributed by atoms with van der Waals surface area (Å²) in [5, 5.41) is 0. The Morgan fingerprint density at radius 1 is 1.04 bits per heavy atom. The standard InChI is InChI=1S/C19H27BN2O2/c1-18(2)19(3,4)24-20(23-18)14-10-11-17-16(12-14)21-13-22(17)15-8-6-5-7-9-15/h10-13,15H,5-9H2,1-4H3. The average Bonchev–Trinajstić information content (AvgIpc) is 3.06. The van der Waals surface area contributed by atoms with Crippen LogP contribution in [-0.4, -0.2) is 27.9 Å². The molecule has 2 heterocycles. The zero-order chi connectivity index (χ0) is 16.9. The Hall–Kier alpha value is -1.33. The molecule has 1 aliphatic heterocycles. The molecule has 4 rings (SSSR count). The van der Waals surface area contributed by atoms with Crippen LogP contribution in [0, 0.1) is 0 Å². The van der Waals surface area contributed by atoms with Gasteiger partial charge in [-0.3, -0.25) is 0 Å². The maximum atomic E-state index is 6.17. The van der Waals surface area contributed by atoms with Gasteiger partial charge < -0.3 is 13.9 Å². The first-order valence-electron chi connectivity index (χ1n) is 9.19. The van der Waals surface area contributed by atoms with Gasteiger partial charge in [0.25, 0.3) is 0 Å². The minimum atomic E-state index is -0.320. The first-order chi connectivity index (χ1) is 11.4. The van der Waals surface area contributed by atoms with Gasteiger partial charge in [-0.25, -0.2) is 4.98 Å². The molecule has 0 atom stereocenters. The van der Waals surface area contributed by atoms with Crippen LogP contribution in [0.2, 0.25) is 0 Å². The molecule has 5 heteroatoms. The number of hydrogen-bond donors (Lipinski definition) is 0. The van der Waals surface area contributed by atoms with Gasteiger partial charge in [-0.05, 0) is 58.1 Å². The number of fused-ring (bicyclic) bond motifs is 1. The second kappa shape index (κ2) is 5.60. The van der Waals surface area contributed by atoms with Gasteiger partial charge in [-0.2, -0.15) is 0 Å². The number of benzene rings is 1. The lowest BCUT2D eigenvalue weighted by Gasteiger charge is -2.32. The molecule has 1 saturated carbocycles. The summed E-state index contributed by atoms with van der Waals surface area (Å²) in [6.07, 6.45) is 8.57. The Kier molecular flexibility index (Phi) is 3.77. The SMILES string of the molecule is CC1(C)OB(c2ccc3c(c2)ncn3C2CCCCC2)OC1(C)C. The third kappa shape index (κ3) is 2.58. The zero-order valence-corrected chi connectivity index (χ0v) is 15.2. The van der Waals surface area contributed by atoms with E-state index in [1.54, 1.807) is 0 Å². The molecule has 0 radical (unpaired) electrons. The van der Waals surface area contributed by atoms with Crippen molar-refractivity contribution in [2.75, 3.05) is 0 Å². The second-order valence-electron chi connectivity index (χ2n) is 8.28. The maximum Gasteiger partial charge on any atom is 0.494 e. The Bertz CT molecular complexity index is 731. The summed E-state index contributed by atoms with van der Waals surface area (Å²) in [6, 6.07) is 7.03. The number of aromatic nitrogens is 2. The van der Waals surface area contributed by atoms with E-state index in [-0.39, 0.29) is 18.3 Å². The molecule has 0 amide bonds. The maximum absolute atomic E-state index is 6.17. The predicted octanol–water partition coefficient (Wildman–Crippen LogP) is 3.84. The smallest absolute Gasteiger partial charge is 0.399 e. The molecule has 0 spiro atoms. The lowest BCUT2D eigenvalue weighted by atomic mass is 9.79. The van der Waals surface area contributed by atoms with Crippen LogP contribution in [0.4, 0.5) is 0 Å². The molecule has 4 nitrogen and oxygen atoms in total. The van der Waals surface area contributed by atoms with E-state index in [0.29, 0.717) is 6.04 Å². The van der Waals surface area contributed by atoms with Crippen molar-refractivity contribution in [3.8, 4) is 0 Å². The van der Waals surface area contributed by atoms with Gasteiger partial charge in [0, 0.05) is 6.04 Å². The quantitative estimate of drug-likeness (QED) is 0.787. The van der Waals surface area contributed by atoms with Crippen molar-refractivity contribution in [1.29, 1.82) is 0 Å². The highest BCUT2D eigenvalue weighted by molar-refractivity contribution is 6.62. The van der Waals surface area contributed by atoms with Gasteiger partial charge in [0.05, 0.1) is 28.6 Å². The van der Waals surface area contributed by atoms with Crippen LogP contribution in [0.25, 0.3) is 11.0 Å². The van der Waals surface area contributed by atoms with Crippen LogP contribution >= 0.6 is 0 Å². The van der Waals surface area contributed by atoms with E-state index in [2.05, 4.69) is 55.4 Å². The lowest BCUT2D eigenvalue weighted by Crippen LogP contribution is -2.41.